The lowest BCUT2D eigenvalue weighted by Crippen LogP contribution is -3.27. The Bertz CT molecular complexity index is 1130. The summed E-state index contributed by atoms with van der Waals surface area (Å²) in [6.07, 6.45) is 0. The molecule has 0 spiro atoms. The van der Waals surface area contributed by atoms with Crippen LogP contribution in [0.2, 0.25) is 5.02 Å². The normalized spacial score (nSPS) is 19.2. The number of nitrogens with one attached hydrogen (secondary N) is 2. The van der Waals surface area contributed by atoms with Crippen LogP contribution in [0.1, 0.15) is 11.5 Å². The summed E-state index contributed by atoms with van der Waals surface area (Å²) in [5.74, 6) is 1.26. The lowest BCUT2D eigenvalue weighted by Gasteiger charge is -2.29. The quantitative estimate of drug-likeness (QED) is 0.519. The van der Waals surface area contributed by atoms with Crippen molar-refractivity contribution in [2.75, 3.05) is 26.2 Å². The molecule has 0 amide bonds. The molecule has 6 heteroatoms. The van der Waals surface area contributed by atoms with Crippen molar-refractivity contribution in [3.63, 3.8) is 0 Å². The molecule has 0 atom stereocenters. The standard InChI is InChI=1S/C24H23ClN4O/c25-21-10-8-19(9-11-21)24-27-26-23(30-24)17-29-14-12-28(13-15-29)16-20-6-3-5-18-4-1-2-7-22(18)20/h1-11H,12-17H2/p+2. The number of aromatic nitrogens is 2. The van der Waals surface area contributed by atoms with Gasteiger partial charge < -0.3 is 14.2 Å². The molecule has 0 unspecified atom stereocenters. The molecule has 1 fully saturated rings. The van der Waals surface area contributed by atoms with E-state index in [0.29, 0.717) is 16.8 Å². The predicted molar refractivity (Wildman–Crippen MR) is 117 cm³/mol. The summed E-state index contributed by atoms with van der Waals surface area (Å²) in [5, 5.41) is 11.9. The minimum Gasteiger partial charge on any atom is -0.415 e. The summed E-state index contributed by atoms with van der Waals surface area (Å²) in [5.41, 5.74) is 2.34. The van der Waals surface area contributed by atoms with Gasteiger partial charge in [0.2, 0.25) is 5.89 Å². The van der Waals surface area contributed by atoms with Crippen molar-refractivity contribution < 1.29 is 14.2 Å². The molecule has 1 aliphatic heterocycles. The number of piperazine rings is 1. The highest BCUT2D eigenvalue weighted by molar-refractivity contribution is 6.30. The molecule has 5 nitrogen and oxygen atoms in total. The maximum atomic E-state index is 5.95. The summed E-state index contributed by atoms with van der Waals surface area (Å²) >= 11 is 5.95. The number of halogens is 1. The highest BCUT2D eigenvalue weighted by Gasteiger charge is 2.25. The second-order valence-corrected chi connectivity index (χ2v) is 8.44. The molecule has 0 saturated carbocycles. The summed E-state index contributed by atoms with van der Waals surface area (Å²) < 4.78 is 5.89. The van der Waals surface area contributed by atoms with Crippen molar-refractivity contribution in [1.82, 2.24) is 10.2 Å². The van der Waals surface area contributed by atoms with Crippen LogP contribution in [0.25, 0.3) is 22.2 Å². The first-order valence-electron chi connectivity index (χ1n) is 10.5. The Balaban J connectivity index is 1.18. The van der Waals surface area contributed by atoms with Crippen LogP contribution in [0, 0.1) is 0 Å². The minimum atomic E-state index is 0.557. The van der Waals surface area contributed by atoms with Crippen LogP contribution in [-0.4, -0.2) is 36.4 Å². The number of hydrogen-bond acceptors (Lipinski definition) is 3. The van der Waals surface area contributed by atoms with Crippen LogP contribution in [0.4, 0.5) is 0 Å². The molecule has 2 heterocycles. The molecule has 2 N–H and O–H groups in total. The second kappa shape index (κ2) is 8.56. The lowest BCUT2D eigenvalue weighted by molar-refractivity contribution is -1.02. The van der Waals surface area contributed by atoms with Crippen molar-refractivity contribution >= 4 is 22.4 Å². The van der Waals surface area contributed by atoms with Crippen LogP contribution in [0.5, 0.6) is 0 Å². The number of rotatable bonds is 5. The van der Waals surface area contributed by atoms with Gasteiger partial charge in [0.15, 0.2) is 6.54 Å². The van der Waals surface area contributed by atoms with Crippen molar-refractivity contribution in [2.24, 2.45) is 0 Å². The van der Waals surface area contributed by atoms with E-state index in [1.807, 2.05) is 24.3 Å². The highest BCUT2D eigenvalue weighted by Crippen LogP contribution is 2.20. The largest absolute Gasteiger partial charge is 0.415 e. The first kappa shape index (κ1) is 19.2. The van der Waals surface area contributed by atoms with Gasteiger partial charge in [0.1, 0.15) is 32.7 Å². The van der Waals surface area contributed by atoms with Crippen molar-refractivity contribution in [2.45, 2.75) is 13.1 Å². The van der Waals surface area contributed by atoms with Gasteiger partial charge >= 0.3 is 0 Å². The van der Waals surface area contributed by atoms with Crippen LogP contribution < -0.4 is 9.80 Å². The zero-order valence-electron chi connectivity index (χ0n) is 16.8. The molecule has 3 aromatic carbocycles. The summed E-state index contributed by atoms with van der Waals surface area (Å²) in [6, 6.07) is 22.8. The number of nitrogens with zero attached hydrogens (tertiary/aromatic N) is 2. The molecule has 5 rings (SSSR count). The fourth-order valence-corrected chi connectivity index (χ4v) is 4.40. The molecule has 1 aromatic heterocycles. The third-order valence-corrected chi connectivity index (χ3v) is 6.20. The van der Waals surface area contributed by atoms with Crippen molar-refractivity contribution in [1.29, 1.82) is 0 Å². The van der Waals surface area contributed by atoms with E-state index in [1.54, 1.807) is 4.90 Å². The number of benzene rings is 3. The van der Waals surface area contributed by atoms with Gasteiger partial charge in [0.25, 0.3) is 5.89 Å². The molecule has 1 saturated heterocycles. The molecule has 152 valence electrons. The number of fused-ring (bicyclic) bond motifs is 1. The highest BCUT2D eigenvalue weighted by atomic mass is 35.5. The van der Waals surface area contributed by atoms with E-state index in [-0.39, 0.29) is 0 Å². The van der Waals surface area contributed by atoms with Crippen LogP contribution in [0.15, 0.2) is 71.1 Å². The Morgan fingerprint density at radius 3 is 2.27 bits per heavy atom. The molecule has 30 heavy (non-hydrogen) atoms. The molecule has 0 radical (unpaired) electrons. The van der Waals surface area contributed by atoms with Gasteiger partial charge in [-0.1, -0.05) is 54.1 Å². The van der Waals surface area contributed by atoms with E-state index in [2.05, 4.69) is 52.7 Å². The van der Waals surface area contributed by atoms with Gasteiger partial charge in [-0.25, -0.2) is 0 Å². The molecule has 0 aliphatic carbocycles. The second-order valence-electron chi connectivity index (χ2n) is 8.00. The Morgan fingerprint density at radius 1 is 0.767 bits per heavy atom. The maximum Gasteiger partial charge on any atom is 0.271 e. The topological polar surface area (TPSA) is 47.8 Å². The minimum absolute atomic E-state index is 0.557. The lowest BCUT2D eigenvalue weighted by atomic mass is 10.0. The van der Waals surface area contributed by atoms with Gasteiger partial charge in [-0.15, -0.1) is 10.2 Å². The summed E-state index contributed by atoms with van der Waals surface area (Å²) in [4.78, 5) is 3.14. The number of quaternary nitrogens is 2. The molecular weight excluding hydrogens is 396 g/mol. The van der Waals surface area contributed by atoms with Gasteiger partial charge in [0.05, 0.1) is 0 Å². The fourth-order valence-electron chi connectivity index (χ4n) is 4.27. The van der Waals surface area contributed by atoms with E-state index in [0.717, 1.165) is 44.8 Å². The summed E-state index contributed by atoms with van der Waals surface area (Å²) in [7, 11) is 0. The maximum absolute atomic E-state index is 5.95. The van der Waals surface area contributed by atoms with Gasteiger partial charge in [-0.3, -0.25) is 0 Å². The summed E-state index contributed by atoms with van der Waals surface area (Å²) in [6.45, 7) is 6.38. The Hall–Kier alpha value is -2.73. The molecular formula is C24H25ClN4O+2. The Labute approximate surface area is 180 Å². The average Bonchev–Trinajstić information content (AvgIpc) is 3.24. The van der Waals surface area contributed by atoms with E-state index >= 15 is 0 Å². The number of hydrogen-bond donors (Lipinski definition) is 2. The van der Waals surface area contributed by atoms with Crippen LogP contribution in [-0.2, 0) is 13.1 Å². The van der Waals surface area contributed by atoms with E-state index < -0.39 is 0 Å². The van der Waals surface area contributed by atoms with Gasteiger partial charge in [0, 0.05) is 16.1 Å². The zero-order valence-corrected chi connectivity index (χ0v) is 17.5. The zero-order chi connectivity index (χ0) is 20.3. The van der Waals surface area contributed by atoms with Crippen molar-refractivity contribution in [3.8, 4) is 11.5 Å². The van der Waals surface area contributed by atoms with E-state index in [1.165, 1.54) is 21.2 Å². The van der Waals surface area contributed by atoms with Gasteiger partial charge in [-0.2, -0.15) is 0 Å². The molecule has 4 aromatic rings. The predicted octanol–water partition coefficient (Wildman–Crippen LogP) is 2.03. The molecule has 0 bridgehead atoms. The van der Waals surface area contributed by atoms with Crippen LogP contribution >= 0.6 is 11.6 Å². The first-order chi connectivity index (χ1) is 14.7. The van der Waals surface area contributed by atoms with Gasteiger partial charge in [-0.05, 0) is 35.0 Å². The fraction of sp³-hybridized carbons (Fsp3) is 0.250. The third kappa shape index (κ3) is 4.24. The Kier molecular flexibility index (Phi) is 5.49. The molecule has 1 aliphatic rings. The van der Waals surface area contributed by atoms with Crippen molar-refractivity contribution in [3.05, 3.63) is 83.2 Å². The van der Waals surface area contributed by atoms with Crippen LogP contribution in [0.3, 0.4) is 0 Å². The third-order valence-electron chi connectivity index (χ3n) is 5.94. The SMILES string of the molecule is Clc1ccc(-c2nnc(C[NH+]3CC[NH+](Cc4cccc5ccccc45)CC3)o2)cc1. The van der Waals surface area contributed by atoms with E-state index in [9.17, 15) is 0 Å². The Morgan fingerprint density at radius 2 is 1.47 bits per heavy atom. The monoisotopic (exact) mass is 420 g/mol. The smallest absolute Gasteiger partial charge is 0.271 e. The first-order valence-corrected chi connectivity index (χ1v) is 10.8. The van der Waals surface area contributed by atoms with E-state index in [4.69, 9.17) is 16.0 Å². The average molecular weight is 421 g/mol.